The van der Waals surface area contributed by atoms with Crippen molar-refractivity contribution in [2.75, 3.05) is 10.6 Å². The molecule has 4 heteroatoms. The minimum atomic E-state index is 0.00613. The SMILES string of the molecule is Cc1ncccc1C(=O)N1c2ccc(N)cc2CC1C. The van der Waals surface area contributed by atoms with Crippen LogP contribution in [-0.4, -0.2) is 16.9 Å². The molecule has 1 aromatic carbocycles. The van der Waals surface area contributed by atoms with Gasteiger partial charge in [0.25, 0.3) is 5.91 Å². The third-order valence-corrected chi connectivity index (χ3v) is 3.78. The molecule has 2 aromatic rings. The number of fused-ring (bicyclic) bond motifs is 1. The van der Waals surface area contributed by atoms with E-state index in [-0.39, 0.29) is 11.9 Å². The summed E-state index contributed by atoms with van der Waals surface area (Å²) >= 11 is 0. The molecule has 4 nitrogen and oxygen atoms in total. The number of hydrogen-bond donors (Lipinski definition) is 1. The summed E-state index contributed by atoms with van der Waals surface area (Å²) < 4.78 is 0. The summed E-state index contributed by atoms with van der Waals surface area (Å²) in [6.45, 7) is 3.91. The standard InChI is InChI=1S/C16H17N3O/c1-10-8-12-9-13(17)5-6-15(12)19(10)16(20)14-4-3-7-18-11(14)2/h3-7,9-10H,8,17H2,1-2H3. The van der Waals surface area contributed by atoms with Gasteiger partial charge in [0.1, 0.15) is 0 Å². The number of anilines is 2. The average Bonchev–Trinajstić information content (AvgIpc) is 2.73. The number of carbonyl (C=O) groups excluding carboxylic acids is 1. The van der Waals surface area contributed by atoms with E-state index < -0.39 is 0 Å². The quantitative estimate of drug-likeness (QED) is 0.808. The highest BCUT2D eigenvalue weighted by Gasteiger charge is 2.32. The van der Waals surface area contributed by atoms with Crippen LogP contribution >= 0.6 is 0 Å². The van der Waals surface area contributed by atoms with E-state index in [1.165, 1.54) is 0 Å². The van der Waals surface area contributed by atoms with Crippen molar-refractivity contribution in [3.05, 3.63) is 53.3 Å². The molecule has 0 saturated heterocycles. The van der Waals surface area contributed by atoms with E-state index >= 15 is 0 Å². The summed E-state index contributed by atoms with van der Waals surface area (Å²) in [5.41, 5.74) is 10.1. The minimum absolute atomic E-state index is 0.00613. The summed E-state index contributed by atoms with van der Waals surface area (Å²) in [5.74, 6) is 0.00613. The second-order valence-corrected chi connectivity index (χ2v) is 5.25. The van der Waals surface area contributed by atoms with E-state index in [4.69, 9.17) is 5.73 Å². The molecule has 1 aliphatic heterocycles. The molecule has 0 fully saturated rings. The van der Waals surface area contributed by atoms with Crippen LogP contribution in [-0.2, 0) is 6.42 Å². The third kappa shape index (κ3) is 1.93. The normalized spacial score (nSPS) is 17.1. The number of nitrogens with two attached hydrogens (primary N) is 1. The van der Waals surface area contributed by atoms with Crippen LogP contribution in [0.1, 0.15) is 28.5 Å². The number of amides is 1. The summed E-state index contributed by atoms with van der Waals surface area (Å²) in [6, 6.07) is 9.48. The number of benzene rings is 1. The first kappa shape index (κ1) is 12.7. The van der Waals surface area contributed by atoms with Crippen molar-refractivity contribution in [3.8, 4) is 0 Å². The zero-order valence-electron chi connectivity index (χ0n) is 11.6. The Bertz CT molecular complexity index is 681. The summed E-state index contributed by atoms with van der Waals surface area (Å²) in [5, 5.41) is 0. The van der Waals surface area contributed by atoms with Gasteiger partial charge in [-0.2, -0.15) is 0 Å². The van der Waals surface area contributed by atoms with E-state index in [0.717, 1.165) is 29.1 Å². The van der Waals surface area contributed by atoms with E-state index in [1.807, 2.05) is 36.1 Å². The van der Waals surface area contributed by atoms with Crippen molar-refractivity contribution in [3.63, 3.8) is 0 Å². The van der Waals surface area contributed by atoms with E-state index in [0.29, 0.717) is 5.56 Å². The van der Waals surface area contributed by atoms with Gasteiger partial charge in [-0.05, 0) is 56.2 Å². The van der Waals surface area contributed by atoms with Crippen LogP contribution in [0.2, 0.25) is 0 Å². The number of hydrogen-bond acceptors (Lipinski definition) is 3. The maximum Gasteiger partial charge on any atom is 0.260 e. The van der Waals surface area contributed by atoms with Crippen molar-refractivity contribution >= 4 is 17.3 Å². The number of nitrogen functional groups attached to an aromatic ring is 1. The van der Waals surface area contributed by atoms with E-state index in [2.05, 4.69) is 11.9 Å². The largest absolute Gasteiger partial charge is 0.399 e. The first-order valence-electron chi connectivity index (χ1n) is 6.71. The molecule has 20 heavy (non-hydrogen) atoms. The number of nitrogens with zero attached hydrogens (tertiary/aromatic N) is 2. The Morgan fingerprint density at radius 1 is 1.40 bits per heavy atom. The molecule has 0 bridgehead atoms. The van der Waals surface area contributed by atoms with Crippen LogP contribution in [0.25, 0.3) is 0 Å². The van der Waals surface area contributed by atoms with Gasteiger partial charge < -0.3 is 10.6 Å². The van der Waals surface area contributed by atoms with Gasteiger partial charge in [0.05, 0.1) is 5.56 Å². The van der Waals surface area contributed by atoms with Crippen LogP contribution in [0.15, 0.2) is 36.5 Å². The Morgan fingerprint density at radius 3 is 2.95 bits per heavy atom. The lowest BCUT2D eigenvalue weighted by Crippen LogP contribution is -2.36. The van der Waals surface area contributed by atoms with Crippen molar-refractivity contribution in [1.29, 1.82) is 0 Å². The van der Waals surface area contributed by atoms with Gasteiger partial charge >= 0.3 is 0 Å². The van der Waals surface area contributed by atoms with Gasteiger partial charge in [-0.3, -0.25) is 9.78 Å². The van der Waals surface area contributed by atoms with Gasteiger partial charge in [0, 0.05) is 29.3 Å². The number of aromatic nitrogens is 1. The summed E-state index contributed by atoms with van der Waals surface area (Å²) in [6.07, 6.45) is 2.54. The molecular formula is C16H17N3O. The minimum Gasteiger partial charge on any atom is -0.399 e. The van der Waals surface area contributed by atoms with Crippen molar-refractivity contribution in [2.45, 2.75) is 26.3 Å². The fourth-order valence-corrected chi connectivity index (χ4v) is 2.80. The number of aryl methyl sites for hydroxylation is 1. The van der Waals surface area contributed by atoms with Crippen molar-refractivity contribution < 1.29 is 4.79 Å². The maximum atomic E-state index is 12.8. The van der Waals surface area contributed by atoms with E-state index in [1.54, 1.807) is 12.3 Å². The molecule has 1 amide bonds. The zero-order valence-corrected chi connectivity index (χ0v) is 11.6. The lowest BCUT2D eigenvalue weighted by Gasteiger charge is -2.23. The van der Waals surface area contributed by atoms with Crippen LogP contribution in [0.4, 0.5) is 11.4 Å². The van der Waals surface area contributed by atoms with Crippen molar-refractivity contribution in [1.82, 2.24) is 4.98 Å². The molecule has 1 atom stereocenters. The second kappa shape index (κ2) is 4.63. The van der Waals surface area contributed by atoms with Crippen LogP contribution in [0.5, 0.6) is 0 Å². The molecular weight excluding hydrogens is 250 g/mol. The number of pyridine rings is 1. The number of rotatable bonds is 1. The topological polar surface area (TPSA) is 59.2 Å². The molecule has 102 valence electrons. The molecule has 1 aromatic heterocycles. The highest BCUT2D eigenvalue weighted by atomic mass is 16.2. The van der Waals surface area contributed by atoms with Gasteiger partial charge in [-0.25, -0.2) is 0 Å². The van der Waals surface area contributed by atoms with Gasteiger partial charge in [0.15, 0.2) is 0 Å². The van der Waals surface area contributed by atoms with Gasteiger partial charge in [-0.15, -0.1) is 0 Å². The fourth-order valence-electron chi connectivity index (χ4n) is 2.80. The van der Waals surface area contributed by atoms with Gasteiger partial charge in [0.2, 0.25) is 0 Å². The zero-order chi connectivity index (χ0) is 14.3. The Hall–Kier alpha value is -2.36. The first-order chi connectivity index (χ1) is 9.58. The van der Waals surface area contributed by atoms with Crippen LogP contribution in [0, 0.1) is 6.92 Å². The molecule has 1 aliphatic rings. The van der Waals surface area contributed by atoms with E-state index in [9.17, 15) is 4.79 Å². The number of carbonyl (C=O) groups is 1. The Morgan fingerprint density at radius 2 is 2.20 bits per heavy atom. The predicted octanol–water partition coefficient (Wildman–Crippen LogP) is 2.56. The lowest BCUT2D eigenvalue weighted by atomic mass is 10.1. The fraction of sp³-hybridized carbons (Fsp3) is 0.250. The predicted molar refractivity (Wildman–Crippen MR) is 79.8 cm³/mol. The van der Waals surface area contributed by atoms with Gasteiger partial charge in [-0.1, -0.05) is 0 Å². The smallest absolute Gasteiger partial charge is 0.260 e. The van der Waals surface area contributed by atoms with Crippen LogP contribution < -0.4 is 10.6 Å². The molecule has 1 unspecified atom stereocenters. The molecule has 0 saturated carbocycles. The maximum absolute atomic E-state index is 12.8. The Kier molecular flexibility index (Phi) is 2.93. The monoisotopic (exact) mass is 267 g/mol. The average molecular weight is 267 g/mol. The highest BCUT2D eigenvalue weighted by molar-refractivity contribution is 6.08. The molecule has 0 spiro atoms. The van der Waals surface area contributed by atoms with Crippen molar-refractivity contribution in [2.24, 2.45) is 0 Å². The molecule has 2 N–H and O–H groups in total. The van der Waals surface area contributed by atoms with Crippen LogP contribution in [0.3, 0.4) is 0 Å². The first-order valence-corrected chi connectivity index (χ1v) is 6.71. The highest BCUT2D eigenvalue weighted by Crippen LogP contribution is 2.34. The second-order valence-electron chi connectivity index (χ2n) is 5.25. The Balaban J connectivity index is 2.04. The lowest BCUT2D eigenvalue weighted by molar-refractivity contribution is 0.0980. The molecule has 2 heterocycles. The molecule has 0 aliphatic carbocycles. The third-order valence-electron chi connectivity index (χ3n) is 3.78. The Labute approximate surface area is 118 Å². The summed E-state index contributed by atoms with van der Waals surface area (Å²) in [7, 11) is 0. The molecule has 0 radical (unpaired) electrons. The summed E-state index contributed by atoms with van der Waals surface area (Å²) in [4.78, 5) is 18.8. The molecule has 3 rings (SSSR count).